The van der Waals surface area contributed by atoms with E-state index in [2.05, 4.69) is 21.6 Å². The predicted molar refractivity (Wildman–Crippen MR) is 188 cm³/mol. The molecule has 3 aromatic carbocycles. The summed E-state index contributed by atoms with van der Waals surface area (Å²) in [5.41, 5.74) is 4.50. The third-order valence-electron chi connectivity index (χ3n) is 12.0. The number of phenols is 3. The molecule has 9 rings (SSSR count). The van der Waals surface area contributed by atoms with Crippen LogP contribution in [0.25, 0.3) is 0 Å². The molecule has 6 heterocycles. The summed E-state index contributed by atoms with van der Waals surface area (Å²) in [5, 5.41) is 52.5. The Bertz CT molecular complexity index is 2090. The number of thioether (sulfide) groups is 1. The summed E-state index contributed by atoms with van der Waals surface area (Å²) in [4.78, 5) is 16.7. The molecule has 0 amide bonds. The number of carbonyl (C=O) groups is 1. The molecule has 4 bridgehead atoms. The molecule has 6 aliphatic rings. The van der Waals surface area contributed by atoms with Crippen molar-refractivity contribution in [2.75, 3.05) is 39.9 Å². The topological polar surface area (TPSA) is 175 Å². The molecule has 2 unspecified atom stereocenters. The molecule has 13 nitrogen and oxygen atoms in total. The minimum absolute atomic E-state index is 0.00943. The SMILES string of the molecule is COc1cc2c(cc1O)CCN[C@]21CS[C@@H]2c3c(O)c(C)c4c(c3[C@H](CCOC1=O)N1[C@@H]2C2NC(Cc3cc(C)c(OC)c(O)c32)[C@@H]1C#N)OCO4. The van der Waals surface area contributed by atoms with Crippen molar-refractivity contribution in [3.8, 4) is 46.3 Å². The van der Waals surface area contributed by atoms with Gasteiger partial charge in [0.2, 0.25) is 6.79 Å². The molecule has 3 aromatic rings. The summed E-state index contributed by atoms with van der Waals surface area (Å²) in [6, 6.07) is 5.63. The molecule has 14 heteroatoms. The van der Waals surface area contributed by atoms with Crippen molar-refractivity contribution in [2.24, 2.45) is 0 Å². The number of nitriles is 1. The summed E-state index contributed by atoms with van der Waals surface area (Å²) in [6.07, 6.45) is 1.38. The number of methoxy groups -OCH3 is 2. The summed E-state index contributed by atoms with van der Waals surface area (Å²) in [7, 11) is 3.01. The standard InChI is InChI=1S/C38H40N4O9S/c1-16-9-19-10-21-23(13-39)42-22-6-8-49-37(46)38(20-12-25(47-3)24(43)11-18(20)5-7-40-38)14-52-36(30(42)29(41-21)26(19)32(45)33(16)48-4)28-27(22)35-34(50-15-51-35)17(2)31(28)44/h9,11-12,21-23,29-30,36,40-41,43-45H,5-8,10,14-15H2,1-4H3/t21?,22-,23-,29?,30+,36+,38+/m0/s1. The number of esters is 1. The number of phenolic OH excluding ortho intramolecular Hbond substituents is 3. The van der Waals surface area contributed by atoms with E-state index in [0.717, 1.165) is 22.3 Å². The van der Waals surface area contributed by atoms with Crippen LogP contribution in [0, 0.1) is 25.2 Å². The lowest BCUT2D eigenvalue weighted by atomic mass is 9.72. The van der Waals surface area contributed by atoms with Crippen LogP contribution in [0.2, 0.25) is 0 Å². The number of carbonyl (C=O) groups excluding carboxylic acids is 1. The second-order valence-corrected chi connectivity index (χ2v) is 15.5. The number of hydrogen-bond acceptors (Lipinski definition) is 14. The first-order valence-corrected chi connectivity index (χ1v) is 18.6. The van der Waals surface area contributed by atoms with Crippen molar-refractivity contribution in [3.63, 3.8) is 0 Å². The number of aromatic hydroxyl groups is 3. The molecule has 272 valence electrons. The Morgan fingerprint density at radius 1 is 1.02 bits per heavy atom. The first-order chi connectivity index (χ1) is 25.1. The molecule has 6 aliphatic heterocycles. The maximum atomic E-state index is 14.5. The Balaban J connectivity index is 1.30. The Kier molecular flexibility index (Phi) is 7.68. The van der Waals surface area contributed by atoms with Gasteiger partial charge in [-0.3, -0.25) is 10.2 Å². The fraction of sp³-hybridized carbons (Fsp3) is 0.474. The van der Waals surface area contributed by atoms with Gasteiger partial charge >= 0.3 is 5.97 Å². The van der Waals surface area contributed by atoms with Gasteiger partial charge in [0.15, 0.2) is 40.0 Å². The summed E-state index contributed by atoms with van der Waals surface area (Å²) >= 11 is 1.48. The van der Waals surface area contributed by atoms with Crippen molar-refractivity contribution < 1.29 is 43.8 Å². The van der Waals surface area contributed by atoms with E-state index in [1.807, 2.05) is 13.0 Å². The van der Waals surface area contributed by atoms with Gasteiger partial charge < -0.3 is 44.3 Å². The van der Waals surface area contributed by atoms with E-state index in [1.165, 1.54) is 26.0 Å². The molecule has 0 aromatic heterocycles. The molecule has 1 saturated heterocycles. The molecule has 0 aliphatic carbocycles. The van der Waals surface area contributed by atoms with E-state index >= 15 is 0 Å². The van der Waals surface area contributed by atoms with Gasteiger partial charge in [0.1, 0.15) is 11.8 Å². The number of nitrogens with zero attached hydrogens (tertiary/aromatic N) is 2. The fourth-order valence-electron chi connectivity index (χ4n) is 9.76. The van der Waals surface area contributed by atoms with Crippen LogP contribution < -0.4 is 29.6 Å². The molecular weight excluding hydrogens is 689 g/mol. The van der Waals surface area contributed by atoms with E-state index in [1.54, 1.807) is 19.1 Å². The molecule has 7 atom stereocenters. The Hall–Kier alpha value is -4.55. The summed E-state index contributed by atoms with van der Waals surface area (Å²) in [5.74, 6) is 1.45. The van der Waals surface area contributed by atoms with Crippen LogP contribution in [0.5, 0.6) is 40.2 Å². The van der Waals surface area contributed by atoms with Gasteiger partial charge in [-0.15, -0.1) is 11.8 Å². The lowest BCUT2D eigenvalue weighted by molar-refractivity contribution is -0.152. The average Bonchev–Trinajstić information content (AvgIpc) is 3.61. The molecule has 1 spiro atoms. The number of hydrogen-bond donors (Lipinski definition) is 5. The number of cyclic esters (lactones) is 1. The number of rotatable bonds is 2. The molecular formula is C38H40N4O9S. The van der Waals surface area contributed by atoms with E-state index in [9.17, 15) is 25.4 Å². The van der Waals surface area contributed by atoms with Gasteiger partial charge in [-0.2, -0.15) is 5.26 Å². The highest BCUT2D eigenvalue weighted by Crippen LogP contribution is 2.63. The zero-order valence-corrected chi connectivity index (χ0v) is 30.1. The number of fused-ring (bicyclic) bond motifs is 11. The molecule has 0 radical (unpaired) electrons. The van der Waals surface area contributed by atoms with Gasteiger partial charge in [0.25, 0.3) is 0 Å². The van der Waals surface area contributed by atoms with Gasteiger partial charge in [0, 0.05) is 59.1 Å². The Labute approximate surface area is 304 Å². The zero-order chi connectivity index (χ0) is 36.2. The third-order valence-corrected chi connectivity index (χ3v) is 13.4. The van der Waals surface area contributed by atoms with Crippen molar-refractivity contribution in [1.29, 1.82) is 5.26 Å². The number of ether oxygens (including phenoxy) is 5. The quantitative estimate of drug-likeness (QED) is 0.241. The highest BCUT2D eigenvalue weighted by molar-refractivity contribution is 7.99. The normalized spacial score (nSPS) is 29.9. The second-order valence-electron chi connectivity index (χ2n) is 14.4. The smallest absolute Gasteiger partial charge is 0.331 e. The van der Waals surface area contributed by atoms with Crippen molar-refractivity contribution in [3.05, 3.63) is 62.7 Å². The first kappa shape index (κ1) is 33.3. The second kappa shape index (κ2) is 12.0. The van der Waals surface area contributed by atoms with E-state index in [0.29, 0.717) is 65.3 Å². The largest absolute Gasteiger partial charge is 0.507 e. The average molecular weight is 729 g/mol. The lowest BCUT2D eigenvalue weighted by Gasteiger charge is -2.59. The maximum Gasteiger partial charge on any atom is 0.331 e. The van der Waals surface area contributed by atoms with Gasteiger partial charge in [-0.1, -0.05) is 6.07 Å². The highest BCUT2D eigenvalue weighted by Gasteiger charge is 2.59. The van der Waals surface area contributed by atoms with Gasteiger partial charge in [-0.25, -0.2) is 4.79 Å². The maximum absolute atomic E-state index is 14.5. The first-order valence-electron chi connectivity index (χ1n) is 17.5. The Morgan fingerprint density at radius 2 is 1.83 bits per heavy atom. The van der Waals surface area contributed by atoms with Crippen LogP contribution in [-0.4, -0.2) is 84.2 Å². The number of aryl methyl sites for hydroxylation is 1. The van der Waals surface area contributed by atoms with Crippen molar-refractivity contribution >= 4 is 17.7 Å². The van der Waals surface area contributed by atoms with Crippen LogP contribution in [0.4, 0.5) is 0 Å². The fourth-order valence-corrected chi connectivity index (χ4v) is 11.5. The van der Waals surface area contributed by atoms with Crippen LogP contribution in [0.1, 0.15) is 68.3 Å². The van der Waals surface area contributed by atoms with Crippen LogP contribution in [0.3, 0.4) is 0 Å². The van der Waals surface area contributed by atoms with E-state index in [4.69, 9.17) is 23.7 Å². The summed E-state index contributed by atoms with van der Waals surface area (Å²) in [6.45, 7) is 4.16. The van der Waals surface area contributed by atoms with Gasteiger partial charge in [-0.05, 0) is 61.1 Å². The highest BCUT2D eigenvalue weighted by atomic mass is 32.2. The van der Waals surface area contributed by atoms with Crippen molar-refractivity contribution in [2.45, 2.75) is 74.1 Å². The minimum Gasteiger partial charge on any atom is -0.507 e. The molecule has 52 heavy (non-hydrogen) atoms. The molecule has 5 N–H and O–H groups in total. The zero-order valence-electron chi connectivity index (χ0n) is 29.2. The van der Waals surface area contributed by atoms with Crippen LogP contribution >= 0.6 is 11.8 Å². The third kappa shape index (κ3) is 4.43. The minimum atomic E-state index is -1.33. The number of nitrogens with one attached hydrogen (secondary N) is 2. The van der Waals surface area contributed by atoms with E-state index < -0.39 is 40.9 Å². The van der Waals surface area contributed by atoms with Crippen LogP contribution in [-0.2, 0) is 27.9 Å². The van der Waals surface area contributed by atoms with Crippen molar-refractivity contribution in [1.82, 2.24) is 15.5 Å². The lowest BCUT2D eigenvalue weighted by Crippen LogP contribution is -2.68. The Morgan fingerprint density at radius 3 is 2.60 bits per heavy atom. The number of benzene rings is 3. The molecule has 0 saturated carbocycles. The van der Waals surface area contributed by atoms with Gasteiger partial charge in [0.05, 0.1) is 38.2 Å². The van der Waals surface area contributed by atoms with E-state index in [-0.39, 0.29) is 48.2 Å². The molecule has 1 fully saturated rings. The summed E-state index contributed by atoms with van der Waals surface area (Å²) < 4.78 is 29.5. The number of piperazine rings is 1. The predicted octanol–water partition coefficient (Wildman–Crippen LogP) is 3.82. The van der Waals surface area contributed by atoms with Crippen LogP contribution in [0.15, 0.2) is 18.2 Å². The monoisotopic (exact) mass is 728 g/mol.